The number of benzene rings is 1. The molecule has 1 aromatic heterocycles. The van der Waals surface area contributed by atoms with Crippen molar-refractivity contribution in [3.8, 4) is 5.75 Å². The van der Waals surface area contributed by atoms with Gasteiger partial charge in [0.15, 0.2) is 0 Å². The summed E-state index contributed by atoms with van der Waals surface area (Å²) in [7, 11) is 0. The van der Waals surface area contributed by atoms with Gasteiger partial charge in [-0.15, -0.1) is 11.3 Å². The SMILES string of the molecule is CC(=O)N1N=C(c2ccccc2O)C[C@H]1c1cccs1. The number of para-hydroxylation sites is 1. The van der Waals surface area contributed by atoms with Gasteiger partial charge in [0.05, 0.1) is 11.8 Å². The van der Waals surface area contributed by atoms with E-state index < -0.39 is 0 Å². The summed E-state index contributed by atoms with van der Waals surface area (Å²) in [5.74, 6) is 0.107. The normalized spacial score (nSPS) is 18.1. The zero-order valence-corrected chi connectivity index (χ0v) is 11.8. The van der Waals surface area contributed by atoms with Gasteiger partial charge in [-0.05, 0) is 23.6 Å². The van der Waals surface area contributed by atoms with Crippen LogP contribution in [0.1, 0.15) is 29.8 Å². The fourth-order valence-corrected chi connectivity index (χ4v) is 3.20. The molecule has 2 heterocycles. The first-order chi connectivity index (χ1) is 9.66. The molecule has 1 N–H and O–H groups in total. The maximum absolute atomic E-state index is 11.8. The summed E-state index contributed by atoms with van der Waals surface area (Å²) in [6, 6.07) is 11.0. The molecule has 5 heteroatoms. The first kappa shape index (κ1) is 12.9. The number of phenolic OH excluding ortho intramolecular Hbond substituents is 1. The van der Waals surface area contributed by atoms with Crippen LogP contribution in [0.3, 0.4) is 0 Å². The third-order valence-corrected chi connectivity index (χ3v) is 4.29. The number of nitrogens with zero attached hydrogens (tertiary/aromatic N) is 2. The lowest BCUT2D eigenvalue weighted by Crippen LogP contribution is -2.23. The van der Waals surface area contributed by atoms with E-state index in [-0.39, 0.29) is 17.7 Å². The summed E-state index contributed by atoms with van der Waals surface area (Å²) in [5, 5.41) is 17.8. The lowest BCUT2D eigenvalue weighted by atomic mass is 10.0. The molecule has 0 fully saturated rings. The quantitative estimate of drug-likeness (QED) is 0.922. The third-order valence-electron chi connectivity index (χ3n) is 3.32. The number of hydrogen-bond acceptors (Lipinski definition) is 4. The molecule has 0 bridgehead atoms. The van der Waals surface area contributed by atoms with Crippen LogP contribution in [0.5, 0.6) is 5.75 Å². The van der Waals surface area contributed by atoms with E-state index >= 15 is 0 Å². The molecule has 0 unspecified atom stereocenters. The average molecular weight is 286 g/mol. The minimum atomic E-state index is -0.0891. The van der Waals surface area contributed by atoms with Gasteiger partial charge < -0.3 is 5.11 Å². The van der Waals surface area contributed by atoms with Crippen molar-refractivity contribution < 1.29 is 9.90 Å². The van der Waals surface area contributed by atoms with Crippen molar-refractivity contribution in [2.75, 3.05) is 0 Å². The Morgan fingerprint density at radius 1 is 1.35 bits per heavy atom. The van der Waals surface area contributed by atoms with Gasteiger partial charge in [-0.3, -0.25) is 4.79 Å². The first-order valence-corrected chi connectivity index (χ1v) is 7.24. The minimum absolute atomic E-state index is 0.0675. The van der Waals surface area contributed by atoms with Crippen LogP contribution in [0, 0.1) is 0 Å². The van der Waals surface area contributed by atoms with Crippen molar-refractivity contribution >= 4 is 23.0 Å². The van der Waals surface area contributed by atoms with E-state index in [1.165, 1.54) is 11.9 Å². The van der Waals surface area contributed by atoms with E-state index in [1.807, 2.05) is 29.6 Å². The minimum Gasteiger partial charge on any atom is -0.507 e. The van der Waals surface area contributed by atoms with Crippen LogP contribution in [0.2, 0.25) is 0 Å². The summed E-state index contributed by atoms with van der Waals surface area (Å²) in [6.07, 6.45) is 0.623. The fourth-order valence-electron chi connectivity index (χ4n) is 2.38. The molecular weight excluding hydrogens is 272 g/mol. The van der Waals surface area contributed by atoms with Crippen molar-refractivity contribution in [2.24, 2.45) is 5.10 Å². The number of rotatable bonds is 2. The molecule has 4 nitrogen and oxygen atoms in total. The molecule has 1 aliphatic rings. The molecule has 3 rings (SSSR count). The van der Waals surface area contributed by atoms with E-state index in [4.69, 9.17) is 0 Å². The summed E-state index contributed by atoms with van der Waals surface area (Å²) < 4.78 is 0. The second kappa shape index (κ2) is 5.09. The van der Waals surface area contributed by atoms with Gasteiger partial charge in [-0.1, -0.05) is 18.2 Å². The maximum Gasteiger partial charge on any atom is 0.240 e. The molecule has 0 saturated carbocycles. The Morgan fingerprint density at radius 2 is 2.15 bits per heavy atom. The highest BCUT2D eigenvalue weighted by molar-refractivity contribution is 7.10. The molecule has 1 aromatic carbocycles. The van der Waals surface area contributed by atoms with E-state index in [9.17, 15) is 9.90 Å². The molecular formula is C15H14N2O2S. The largest absolute Gasteiger partial charge is 0.507 e. The molecule has 1 amide bonds. The number of amides is 1. The molecule has 2 aromatic rings. The number of thiophene rings is 1. The van der Waals surface area contributed by atoms with E-state index in [2.05, 4.69) is 5.10 Å². The van der Waals surface area contributed by atoms with E-state index in [0.29, 0.717) is 12.0 Å². The molecule has 0 aliphatic carbocycles. The second-order valence-electron chi connectivity index (χ2n) is 4.66. The van der Waals surface area contributed by atoms with Gasteiger partial charge >= 0.3 is 0 Å². The summed E-state index contributed by atoms with van der Waals surface area (Å²) in [4.78, 5) is 12.9. The van der Waals surface area contributed by atoms with Crippen molar-refractivity contribution in [3.05, 3.63) is 52.2 Å². The molecule has 1 atom stereocenters. The Morgan fingerprint density at radius 3 is 2.80 bits per heavy atom. The Labute approximate surface area is 121 Å². The van der Waals surface area contributed by atoms with Crippen LogP contribution in [0.25, 0.3) is 0 Å². The van der Waals surface area contributed by atoms with Gasteiger partial charge in [0.1, 0.15) is 5.75 Å². The zero-order chi connectivity index (χ0) is 14.1. The maximum atomic E-state index is 11.8. The topological polar surface area (TPSA) is 52.9 Å². The molecule has 102 valence electrons. The third kappa shape index (κ3) is 2.20. The molecule has 0 spiro atoms. The van der Waals surface area contributed by atoms with Crippen LogP contribution in [-0.4, -0.2) is 21.7 Å². The predicted octanol–water partition coefficient (Wildman–Crippen LogP) is 3.15. The fraction of sp³-hybridized carbons (Fsp3) is 0.200. The van der Waals surface area contributed by atoms with Crippen LogP contribution >= 0.6 is 11.3 Å². The molecule has 20 heavy (non-hydrogen) atoms. The van der Waals surface area contributed by atoms with Gasteiger partial charge in [0, 0.05) is 23.8 Å². The molecule has 0 saturated heterocycles. The van der Waals surface area contributed by atoms with Crippen molar-refractivity contribution in [1.82, 2.24) is 5.01 Å². The standard InChI is InChI=1S/C15H14N2O2S/c1-10(18)17-13(15-7-4-8-20-15)9-12(16-17)11-5-2-3-6-14(11)19/h2-8,13,19H,9H2,1H3/t13-/m0/s1. The van der Waals surface area contributed by atoms with Crippen LogP contribution in [-0.2, 0) is 4.79 Å². The van der Waals surface area contributed by atoms with E-state index in [0.717, 1.165) is 10.6 Å². The number of hydrazone groups is 1. The summed E-state index contributed by atoms with van der Waals surface area (Å²) in [5.41, 5.74) is 1.44. The van der Waals surface area contributed by atoms with Crippen molar-refractivity contribution in [2.45, 2.75) is 19.4 Å². The predicted molar refractivity (Wildman–Crippen MR) is 78.8 cm³/mol. The highest BCUT2D eigenvalue weighted by atomic mass is 32.1. The molecule has 1 aliphatic heterocycles. The summed E-state index contributed by atoms with van der Waals surface area (Å²) in [6.45, 7) is 1.51. The Hall–Kier alpha value is -2.14. The van der Waals surface area contributed by atoms with Crippen molar-refractivity contribution in [3.63, 3.8) is 0 Å². The monoisotopic (exact) mass is 286 g/mol. The van der Waals surface area contributed by atoms with Crippen LogP contribution in [0.4, 0.5) is 0 Å². The van der Waals surface area contributed by atoms with Gasteiger partial charge in [-0.25, -0.2) is 5.01 Å². The smallest absolute Gasteiger partial charge is 0.240 e. The number of phenols is 1. The van der Waals surface area contributed by atoms with Crippen LogP contribution in [0.15, 0.2) is 46.9 Å². The van der Waals surface area contributed by atoms with E-state index in [1.54, 1.807) is 23.5 Å². The number of carbonyl (C=O) groups is 1. The average Bonchev–Trinajstić information content (AvgIpc) is 3.08. The van der Waals surface area contributed by atoms with Crippen LogP contribution < -0.4 is 0 Å². The number of hydrogen-bond donors (Lipinski definition) is 1. The lowest BCUT2D eigenvalue weighted by Gasteiger charge is -2.18. The highest BCUT2D eigenvalue weighted by Crippen LogP contribution is 2.36. The Kier molecular flexibility index (Phi) is 3.28. The van der Waals surface area contributed by atoms with Gasteiger partial charge in [0.25, 0.3) is 0 Å². The Bertz CT molecular complexity index is 664. The number of carbonyl (C=O) groups excluding carboxylic acids is 1. The second-order valence-corrected chi connectivity index (χ2v) is 5.64. The lowest BCUT2D eigenvalue weighted by molar-refractivity contribution is -0.130. The molecule has 0 radical (unpaired) electrons. The summed E-state index contributed by atoms with van der Waals surface area (Å²) >= 11 is 1.61. The Balaban J connectivity index is 1.97. The highest BCUT2D eigenvalue weighted by Gasteiger charge is 2.32. The van der Waals surface area contributed by atoms with Crippen molar-refractivity contribution in [1.29, 1.82) is 0 Å². The zero-order valence-electron chi connectivity index (χ0n) is 11.0. The van der Waals surface area contributed by atoms with Gasteiger partial charge in [-0.2, -0.15) is 5.10 Å². The van der Waals surface area contributed by atoms with Gasteiger partial charge in [0.2, 0.25) is 5.91 Å². The number of aromatic hydroxyl groups is 1. The first-order valence-electron chi connectivity index (χ1n) is 6.36.